The van der Waals surface area contributed by atoms with E-state index in [0.29, 0.717) is 0 Å². The lowest BCUT2D eigenvalue weighted by Crippen LogP contribution is -2.21. The normalized spacial score (nSPS) is 14.4. The van der Waals surface area contributed by atoms with Gasteiger partial charge in [0.15, 0.2) is 0 Å². The van der Waals surface area contributed by atoms with Crippen LogP contribution in [-0.4, -0.2) is 24.8 Å². The minimum atomic E-state index is -3.41. The lowest BCUT2D eigenvalue weighted by atomic mass is 10.2. The van der Waals surface area contributed by atoms with Crippen LogP contribution in [0, 0.1) is 0 Å². The Balaban J connectivity index is 3.20. The summed E-state index contributed by atoms with van der Waals surface area (Å²) in [4.78, 5) is 11.7. The molecule has 1 unspecified atom stereocenters. The van der Waals surface area contributed by atoms with Crippen molar-refractivity contribution in [1.29, 1.82) is 0 Å². The summed E-state index contributed by atoms with van der Waals surface area (Å²) in [5.41, 5.74) is 0.221. The smallest absolute Gasteiger partial charge is 0.384 e. The Morgan fingerprint density at radius 2 is 1.85 bits per heavy atom. The Morgan fingerprint density at radius 1 is 1.25 bits per heavy atom. The van der Waals surface area contributed by atoms with Crippen LogP contribution in [0.15, 0.2) is 24.3 Å². The molecule has 1 atom stereocenters. The van der Waals surface area contributed by atoms with Crippen molar-refractivity contribution in [3.05, 3.63) is 29.8 Å². The van der Waals surface area contributed by atoms with Gasteiger partial charge in [-0.1, -0.05) is 12.1 Å². The van der Waals surface area contributed by atoms with Crippen molar-refractivity contribution >= 4 is 13.6 Å². The van der Waals surface area contributed by atoms with Crippen molar-refractivity contribution in [2.24, 2.45) is 0 Å². The van der Waals surface area contributed by atoms with Crippen LogP contribution in [0.1, 0.15) is 38.1 Å². The van der Waals surface area contributed by atoms with E-state index in [-0.39, 0.29) is 17.9 Å². The first-order valence-corrected chi connectivity index (χ1v) is 7.91. The molecule has 5 nitrogen and oxygen atoms in total. The number of rotatable bonds is 5. The first kappa shape index (κ1) is 16.7. The molecule has 20 heavy (non-hydrogen) atoms. The van der Waals surface area contributed by atoms with Crippen molar-refractivity contribution in [1.82, 2.24) is 0 Å². The summed E-state index contributed by atoms with van der Waals surface area (Å²) in [7, 11) is -2.13. The molecule has 0 aliphatic heterocycles. The number of esters is 1. The van der Waals surface area contributed by atoms with Crippen LogP contribution in [-0.2, 0) is 13.8 Å². The highest BCUT2D eigenvalue weighted by molar-refractivity contribution is 7.55. The monoisotopic (exact) mass is 300 g/mol. The highest BCUT2D eigenvalue weighted by atomic mass is 31.2. The summed E-state index contributed by atoms with van der Waals surface area (Å²) in [5, 5.41) is -0.702. The fourth-order valence-electron chi connectivity index (χ4n) is 1.48. The number of hydrogen-bond donors (Lipinski definition) is 0. The van der Waals surface area contributed by atoms with Gasteiger partial charge in [-0.25, -0.2) is 9.36 Å². The summed E-state index contributed by atoms with van der Waals surface area (Å²) in [6.45, 7) is 7.31. The van der Waals surface area contributed by atoms with Crippen LogP contribution in [0.4, 0.5) is 0 Å². The van der Waals surface area contributed by atoms with Crippen molar-refractivity contribution < 1.29 is 23.1 Å². The molecule has 6 heteroatoms. The zero-order valence-corrected chi connectivity index (χ0v) is 13.4. The van der Waals surface area contributed by atoms with Crippen molar-refractivity contribution in [3.8, 4) is 5.75 Å². The molecule has 0 aliphatic rings. The van der Waals surface area contributed by atoms with E-state index < -0.39 is 18.7 Å². The predicted molar refractivity (Wildman–Crippen MR) is 77.4 cm³/mol. The van der Waals surface area contributed by atoms with E-state index in [2.05, 4.69) is 4.74 Å². The molecule has 0 heterocycles. The standard InChI is InChI=1S/C14H21O5P/c1-6-18-20(16,14(2,3)4)19-12-10-8-7-9-11(12)13(15)17-5/h7-10H,6H2,1-5H3. The SMILES string of the molecule is CCOP(=O)(Oc1ccccc1C(=O)OC)C(C)(C)C. The molecule has 112 valence electrons. The quantitative estimate of drug-likeness (QED) is 0.610. The summed E-state index contributed by atoms with van der Waals surface area (Å²) in [6.07, 6.45) is 0. The molecule has 0 aliphatic carbocycles. The Labute approximate surface area is 119 Å². The summed E-state index contributed by atoms with van der Waals surface area (Å²) >= 11 is 0. The van der Waals surface area contributed by atoms with E-state index in [1.165, 1.54) is 7.11 Å². The fourth-order valence-corrected chi connectivity index (χ4v) is 2.95. The van der Waals surface area contributed by atoms with Gasteiger partial charge in [-0.2, -0.15) is 0 Å². The maximum absolute atomic E-state index is 12.9. The molecule has 0 amide bonds. The van der Waals surface area contributed by atoms with Crippen molar-refractivity contribution in [3.63, 3.8) is 0 Å². The third-order valence-electron chi connectivity index (χ3n) is 2.63. The molecule has 0 saturated heterocycles. The van der Waals surface area contributed by atoms with Gasteiger partial charge in [-0.05, 0) is 39.8 Å². The second kappa shape index (κ2) is 6.42. The molecular formula is C14H21O5P. The molecule has 0 bridgehead atoms. The third kappa shape index (κ3) is 3.62. The molecule has 0 fully saturated rings. The number of methoxy groups -OCH3 is 1. The number of ether oxygens (including phenoxy) is 1. The maximum Gasteiger partial charge on any atom is 0.384 e. The molecule has 1 rings (SSSR count). The first-order valence-electron chi connectivity index (χ1n) is 6.37. The Kier molecular flexibility index (Phi) is 5.37. The van der Waals surface area contributed by atoms with E-state index >= 15 is 0 Å². The van der Waals surface area contributed by atoms with Gasteiger partial charge in [0.1, 0.15) is 11.3 Å². The molecule has 0 aromatic heterocycles. The average Bonchev–Trinajstić information content (AvgIpc) is 2.37. The van der Waals surface area contributed by atoms with Gasteiger partial charge >= 0.3 is 13.6 Å². The number of para-hydroxylation sites is 1. The highest BCUT2D eigenvalue weighted by Gasteiger charge is 2.41. The van der Waals surface area contributed by atoms with E-state index in [0.717, 1.165) is 0 Å². The Morgan fingerprint density at radius 3 is 2.35 bits per heavy atom. The third-order valence-corrected chi connectivity index (χ3v) is 5.31. The van der Waals surface area contributed by atoms with Gasteiger partial charge in [0, 0.05) is 0 Å². The first-order chi connectivity index (χ1) is 9.25. The zero-order valence-electron chi connectivity index (χ0n) is 12.5. The van der Waals surface area contributed by atoms with Gasteiger partial charge in [-0.3, -0.25) is 4.52 Å². The van der Waals surface area contributed by atoms with Gasteiger partial charge in [0.2, 0.25) is 0 Å². The van der Waals surface area contributed by atoms with Crippen LogP contribution in [0.2, 0.25) is 0 Å². The van der Waals surface area contributed by atoms with Crippen molar-refractivity contribution in [2.45, 2.75) is 32.9 Å². The number of hydrogen-bond acceptors (Lipinski definition) is 5. The Bertz CT molecular complexity index is 519. The number of carbonyl (C=O) groups is 1. The topological polar surface area (TPSA) is 61.8 Å². The minimum absolute atomic E-state index is 0.200. The Hall–Kier alpha value is -1.32. The van der Waals surface area contributed by atoms with E-state index in [4.69, 9.17) is 9.05 Å². The van der Waals surface area contributed by atoms with Crippen LogP contribution in [0.3, 0.4) is 0 Å². The van der Waals surface area contributed by atoms with Gasteiger partial charge in [-0.15, -0.1) is 0 Å². The van der Waals surface area contributed by atoms with Gasteiger partial charge in [0.05, 0.1) is 18.9 Å². The van der Waals surface area contributed by atoms with Gasteiger partial charge in [0.25, 0.3) is 0 Å². The fraction of sp³-hybridized carbons (Fsp3) is 0.500. The van der Waals surface area contributed by atoms with Crippen LogP contribution in [0.25, 0.3) is 0 Å². The zero-order chi connectivity index (χ0) is 15.4. The maximum atomic E-state index is 12.9. The second-order valence-electron chi connectivity index (χ2n) is 5.17. The van der Waals surface area contributed by atoms with Crippen LogP contribution in [0.5, 0.6) is 5.75 Å². The number of carbonyl (C=O) groups excluding carboxylic acids is 1. The van der Waals surface area contributed by atoms with Gasteiger partial charge < -0.3 is 9.26 Å². The average molecular weight is 300 g/mol. The lowest BCUT2D eigenvalue weighted by molar-refractivity contribution is 0.0598. The molecule has 1 aromatic carbocycles. The van der Waals surface area contributed by atoms with Crippen molar-refractivity contribution in [2.75, 3.05) is 13.7 Å². The molecule has 1 aromatic rings. The molecule has 0 saturated carbocycles. The largest absolute Gasteiger partial charge is 0.465 e. The molecular weight excluding hydrogens is 279 g/mol. The highest BCUT2D eigenvalue weighted by Crippen LogP contribution is 2.59. The van der Waals surface area contributed by atoms with E-state index in [1.54, 1.807) is 52.0 Å². The van der Waals surface area contributed by atoms with E-state index in [9.17, 15) is 9.36 Å². The molecule has 0 spiro atoms. The van der Waals surface area contributed by atoms with Crippen LogP contribution < -0.4 is 4.52 Å². The lowest BCUT2D eigenvalue weighted by Gasteiger charge is -2.30. The minimum Gasteiger partial charge on any atom is -0.465 e. The number of benzene rings is 1. The summed E-state index contributed by atoms with van der Waals surface area (Å²) in [5.74, 6) is -0.344. The van der Waals surface area contributed by atoms with Crippen LogP contribution >= 0.6 is 7.60 Å². The predicted octanol–water partition coefficient (Wildman–Crippen LogP) is 3.88. The molecule has 0 radical (unpaired) electrons. The molecule has 0 N–H and O–H groups in total. The summed E-state index contributed by atoms with van der Waals surface area (Å²) < 4.78 is 28.5. The second-order valence-corrected chi connectivity index (χ2v) is 7.94. The van der Waals surface area contributed by atoms with E-state index in [1.807, 2.05) is 0 Å². The summed E-state index contributed by atoms with van der Waals surface area (Å²) in [6, 6.07) is 6.51.